The Bertz CT molecular complexity index is 1520. The number of aromatic amines is 1. The average molecular weight is 524 g/mol. The van der Waals surface area contributed by atoms with Gasteiger partial charge in [-0.25, -0.2) is 14.5 Å². The number of thiophene rings is 1. The summed E-state index contributed by atoms with van der Waals surface area (Å²) >= 11 is 2.56. The molecule has 3 aromatic heterocycles. The summed E-state index contributed by atoms with van der Waals surface area (Å²) < 4.78 is 6.87. The first-order valence-corrected chi connectivity index (χ1v) is 13.5. The number of carbonyl (C=O) groups is 2. The van der Waals surface area contributed by atoms with Gasteiger partial charge in [0.1, 0.15) is 10.4 Å². The van der Waals surface area contributed by atoms with Crippen molar-refractivity contribution < 1.29 is 14.3 Å². The van der Waals surface area contributed by atoms with Gasteiger partial charge in [0.15, 0.2) is 10.8 Å². The van der Waals surface area contributed by atoms with Crippen LogP contribution in [0.15, 0.2) is 40.4 Å². The van der Waals surface area contributed by atoms with Gasteiger partial charge in [-0.15, -0.1) is 11.3 Å². The number of thioether (sulfide) groups is 1. The molecule has 186 valence electrons. The van der Waals surface area contributed by atoms with Crippen LogP contribution in [0, 0.1) is 6.92 Å². The van der Waals surface area contributed by atoms with Crippen molar-refractivity contribution in [3.05, 3.63) is 62.4 Å². The monoisotopic (exact) mass is 523 g/mol. The van der Waals surface area contributed by atoms with Crippen LogP contribution in [0.5, 0.6) is 0 Å². The van der Waals surface area contributed by atoms with E-state index in [4.69, 9.17) is 4.74 Å². The Kier molecular flexibility index (Phi) is 6.92. The summed E-state index contributed by atoms with van der Waals surface area (Å²) in [5.41, 5.74) is 3.42. The highest BCUT2D eigenvalue weighted by molar-refractivity contribution is 7.99. The number of H-pyrrole nitrogens is 1. The van der Waals surface area contributed by atoms with Crippen molar-refractivity contribution in [2.75, 3.05) is 17.7 Å². The molecule has 0 radical (unpaired) electrons. The highest BCUT2D eigenvalue weighted by Gasteiger charge is 2.27. The van der Waals surface area contributed by atoms with Crippen LogP contribution < -0.4 is 10.9 Å². The SMILES string of the molecule is CCOC(=O)c1c(NC(=O)CSc2nc3c(cnn3-c3cccc(C)c3)c(=O)[nH]2)sc2c1CCCC2. The molecule has 0 atom stereocenters. The van der Waals surface area contributed by atoms with Crippen molar-refractivity contribution in [3.63, 3.8) is 0 Å². The Labute approximate surface area is 215 Å². The second-order valence-corrected chi connectivity index (χ2v) is 10.5. The van der Waals surface area contributed by atoms with Crippen molar-refractivity contribution in [1.82, 2.24) is 19.7 Å². The summed E-state index contributed by atoms with van der Waals surface area (Å²) in [6, 6.07) is 7.74. The number of nitrogens with one attached hydrogen (secondary N) is 2. The quantitative estimate of drug-likeness (QED) is 0.211. The van der Waals surface area contributed by atoms with Gasteiger partial charge in [-0.1, -0.05) is 23.9 Å². The van der Waals surface area contributed by atoms with E-state index in [1.807, 2.05) is 31.2 Å². The first kappa shape index (κ1) is 24.3. The first-order chi connectivity index (χ1) is 17.4. The second kappa shape index (κ2) is 10.3. The first-order valence-electron chi connectivity index (χ1n) is 11.7. The van der Waals surface area contributed by atoms with E-state index in [-0.39, 0.29) is 23.8 Å². The Hall–Kier alpha value is -3.44. The van der Waals surface area contributed by atoms with E-state index in [1.165, 1.54) is 17.5 Å². The molecule has 0 spiro atoms. The minimum atomic E-state index is -0.402. The smallest absolute Gasteiger partial charge is 0.341 e. The molecule has 0 bridgehead atoms. The third kappa shape index (κ3) is 4.80. The molecule has 1 aliphatic rings. The molecule has 1 aromatic carbocycles. The van der Waals surface area contributed by atoms with Crippen LogP contribution in [0.3, 0.4) is 0 Å². The molecule has 0 saturated heterocycles. The maximum Gasteiger partial charge on any atom is 0.341 e. The predicted octanol–water partition coefficient (Wildman–Crippen LogP) is 4.27. The van der Waals surface area contributed by atoms with Gasteiger partial charge in [0, 0.05) is 4.88 Å². The number of aromatic nitrogens is 4. The molecule has 0 fully saturated rings. The highest BCUT2D eigenvalue weighted by Crippen LogP contribution is 2.38. The van der Waals surface area contributed by atoms with E-state index in [2.05, 4.69) is 20.4 Å². The molecule has 11 heteroatoms. The molecule has 5 rings (SSSR count). The summed E-state index contributed by atoms with van der Waals surface area (Å²) in [5, 5.41) is 8.43. The van der Waals surface area contributed by atoms with Gasteiger partial charge in [0.05, 0.1) is 29.8 Å². The lowest BCUT2D eigenvalue weighted by Crippen LogP contribution is -2.18. The molecular formula is C25H25N5O4S2. The molecule has 3 heterocycles. The van der Waals surface area contributed by atoms with E-state index < -0.39 is 5.97 Å². The summed E-state index contributed by atoms with van der Waals surface area (Å²) in [6.45, 7) is 4.02. The van der Waals surface area contributed by atoms with E-state index in [1.54, 1.807) is 11.6 Å². The zero-order chi connectivity index (χ0) is 25.2. The molecule has 9 nitrogen and oxygen atoms in total. The van der Waals surface area contributed by atoms with E-state index >= 15 is 0 Å². The Morgan fingerprint density at radius 1 is 1.28 bits per heavy atom. The van der Waals surface area contributed by atoms with Gasteiger partial charge < -0.3 is 15.0 Å². The third-order valence-electron chi connectivity index (χ3n) is 5.91. The maximum atomic E-state index is 12.8. The number of rotatable bonds is 7. The van der Waals surface area contributed by atoms with Crippen LogP contribution >= 0.6 is 23.1 Å². The molecule has 1 amide bonds. The normalized spacial score (nSPS) is 12.9. The number of nitrogens with zero attached hydrogens (tertiary/aromatic N) is 3. The number of hydrogen-bond donors (Lipinski definition) is 2. The molecule has 4 aromatic rings. The van der Waals surface area contributed by atoms with Crippen LogP contribution in [-0.2, 0) is 22.4 Å². The molecule has 2 N–H and O–H groups in total. The van der Waals surface area contributed by atoms with Gasteiger partial charge in [0.2, 0.25) is 5.91 Å². The van der Waals surface area contributed by atoms with Crippen LogP contribution in [0.4, 0.5) is 5.00 Å². The van der Waals surface area contributed by atoms with E-state index in [0.717, 1.165) is 59.1 Å². The summed E-state index contributed by atoms with van der Waals surface area (Å²) in [7, 11) is 0. The number of fused-ring (bicyclic) bond motifs is 2. The topological polar surface area (TPSA) is 119 Å². The number of benzene rings is 1. The van der Waals surface area contributed by atoms with Crippen LogP contribution in [0.1, 0.15) is 46.1 Å². The summed E-state index contributed by atoms with van der Waals surface area (Å²) in [4.78, 5) is 46.5. The lowest BCUT2D eigenvalue weighted by molar-refractivity contribution is -0.113. The van der Waals surface area contributed by atoms with Gasteiger partial charge >= 0.3 is 5.97 Å². The lowest BCUT2D eigenvalue weighted by atomic mass is 9.95. The van der Waals surface area contributed by atoms with Crippen LogP contribution in [-0.4, -0.2) is 44.0 Å². The van der Waals surface area contributed by atoms with Crippen molar-refractivity contribution in [2.24, 2.45) is 0 Å². The molecule has 0 aliphatic heterocycles. The summed E-state index contributed by atoms with van der Waals surface area (Å²) in [5.74, 6) is -0.683. The average Bonchev–Trinajstić information content (AvgIpc) is 3.44. The van der Waals surface area contributed by atoms with Gasteiger partial charge in [-0.3, -0.25) is 9.59 Å². The minimum Gasteiger partial charge on any atom is -0.462 e. The number of carbonyl (C=O) groups excluding carboxylic acids is 2. The Balaban J connectivity index is 1.36. The fourth-order valence-corrected chi connectivity index (χ4v) is 6.23. The molecule has 36 heavy (non-hydrogen) atoms. The number of ether oxygens (including phenoxy) is 1. The lowest BCUT2D eigenvalue weighted by Gasteiger charge is -2.12. The number of hydrogen-bond acceptors (Lipinski definition) is 8. The molecular weight excluding hydrogens is 498 g/mol. The highest BCUT2D eigenvalue weighted by atomic mass is 32.2. The van der Waals surface area contributed by atoms with Crippen molar-refractivity contribution in [1.29, 1.82) is 0 Å². The molecule has 0 unspecified atom stereocenters. The number of anilines is 1. The Morgan fingerprint density at radius 2 is 2.11 bits per heavy atom. The molecule has 1 aliphatic carbocycles. The maximum absolute atomic E-state index is 12.8. The minimum absolute atomic E-state index is 0.0118. The zero-order valence-corrected chi connectivity index (χ0v) is 21.6. The summed E-state index contributed by atoms with van der Waals surface area (Å²) in [6.07, 6.45) is 5.28. The largest absolute Gasteiger partial charge is 0.462 e. The fraction of sp³-hybridized carbons (Fsp3) is 0.320. The molecule has 0 saturated carbocycles. The van der Waals surface area contributed by atoms with Crippen molar-refractivity contribution >= 4 is 51.0 Å². The van der Waals surface area contributed by atoms with Crippen molar-refractivity contribution in [3.8, 4) is 5.69 Å². The Morgan fingerprint density at radius 3 is 2.92 bits per heavy atom. The fourth-order valence-electron chi connectivity index (χ4n) is 4.29. The van der Waals surface area contributed by atoms with Crippen LogP contribution in [0.2, 0.25) is 0 Å². The van der Waals surface area contributed by atoms with Gasteiger partial charge in [-0.2, -0.15) is 5.10 Å². The van der Waals surface area contributed by atoms with E-state index in [9.17, 15) is 14.4 Å². The third-order valence-corrected chi connectivity index (χ3v) is 7.99. The van der Waals surface area contributed by atoms with E-state index in [0.29, 0.717) is 26.8 Å². The predicted molar refractivity (Wildman–Crippen MR) is 140 cm³/mol. The van der Waals surface area contributed by atoms with Crippen molar-refractivity contribution in [2.45, 2.75) is 44.7 Å². The zero-order valence-electron chi connectivity index (χ0n) is 19.9. The number of aryl methyl sites for hydroxylation is 2. The van der Waals surface area contributed by atoms with Gasteiger partial charge in [-0.05, 0) is 62.8 Å². The van der Waals surface area contributed by atoms with Crippen LogP contribution in [0.25, 0.3) is 16.7 Å². The van der Waals surface area contributed by atoms with Gasteiger partial charge in [0.25, 0.3) is 5.56 Å². The number of esters is 1. The number of amides is 1. The second-order valence-electron chi connectivity index (χ2n) is 8.48. The standard InChI is InChI=1S/C25H25N5O4S2/c1-3-34-24(33)20-16-9-4-5-10-18(16)36-23(20)27-19(31)13-35-25-28-21-17(22(32)29-25)12-26-30(21)15-8-6-7-14(2)11-15/h6-8,11-12H,3-5,9-10,13H2,1-2H3,(H,27,31)(H,28,29,32).